The third-order valence-corrected chi connectivity index (χ3v) is 3.48. The van der Waals surface area contributed by atoms with Crippen LogP contribution in [0.15, 0.2) is 0 Å². The van der Waals surface area contributed by atoms with Gasteiger partial charge in [0.2, 0.25) is 0 Å². The number of fused-ring (bicyclic) bond motifs is 1. The Morgan fingerprint density at radius 1 is 1.13 bits per heavy atom. The molecule has 0 aliphatic carbocycles. The summed E-state index contributed by atoms with van der Waals surface area (Å²) >= 11 is 0. The van der Waals surface area contributed by atoms with Crippen molar-refractivity contribution in [1.29, 1.82) is 0 Å². The number of hydrogen-bond acceptors (Lipinski definition) is 4. The fourth-order valence-corrected chi connectivity index (χ4v) is 2.46. The largest absolute Gasteiger partial charge is 0.393 e. The van der Waals surface area contributed by atoms with E-state index < -0.39 is 0 Å². The van der Waals surface area contributed by atoms with Crippen molar-refractivity contribution >= 4 is 11.9 Å². The first-order valence-corrected chi connectivity index (χ1v) is 5.59. The van der Waals surface area contributed by atoms with Crippen LogP contribution < -0.4 is 0 Å². The zero-order chi connectivity index (χ0) is 11.0. The number of ether oxygens (including phenoxy) is 1. The van der Waals surface area contributed by atoms with Crippen molar-refractivity contribution in [2.75, 3.05) is 13.1 Å². The Balaban J connectivity index is 2.08. The maximum absolute atomic E-state index is 11.4. The predicted octanol–water partition coefficient (Wildman–Crippen LogP) is 0.806. The molecule has 0 bridgehead atoms. The summed E-state index contributed by atoms with van der Waals surface area (Å²) in [5.74, 6) is -0.978. The van der Waals surface area contributed by atoms with Gasteiger partial charge in [0.15, 0.2) is 0 Å². The van der Waals surface area contributed by atoms with E-state index in [-0.39, 0.29) is 23.8 Å². The number of carbonyl (C=O) groups is 2. The minimum atomic E-state index is -0.310. The molecule has 0 spiro atoms. The Labute approximate surface area is 89.6 Å². The van der Waals surface area contributed by atoms with Crippen LogP contribution in [-0.4, -0.2) is 36.0 Å². The van der Waals surface area contributed by atoms with Gasteiger partial charge in [-0.2, -0.15) is 0 Å². The van der Waals surface area contributed by atoms with E-state index in [2.05, 4.69) is 23.5 Å². The van der Waals surface area contributed by atoms with Crippen LogP contribution in [0.2, 0.25) is 0 Å². The molecule has 2 atom stereocenters. The summed E-state index contributed by atoms with van der Waals surface area (Å²) in [4.78, 5) is 25.1. The van der Waals surface area contributed by atoms with Gasteiger partial charge in [0.25, 0.3) is 0 Å². The molecule has 0 saturated carbocycles. The van der Waals surface area contributed by atoms with Crippen LogP contribution in [0.1, 0.15) is 26.7 Å². The van der Waals surface area contributed by atoms with Gasteiger partial charge in [-0.05, 0) is 39.8 Å². The molecule has 0 amide bonds. The summed E-state index contributed by atoms with van der Waals surface area (Å²) in [6.45, 7) is 6.06. The molecule has 2 fully saturated rings. The Hall–Kier alpha value is -0.900. The van der Waals surface area contributed by atoms with Crippen molar-refractivity contribution in [3.05, 3.63) is 0 Å². The van der Waals surface area contributed by atoms with Crippen LogP contribution in [-0.2, 0) is 14.3 Å². The van der Waals surface area contributed by atoms with Crippen molar-refractivity contribution in [2.45, 2.75) is 32.7 Å². The summed E-state index contributed by atoms with van der Waals surface area (Å²) in [5.41, 5.74) is 0. The van der Waals surface area contributed by atoms with Gasteiger partial charge in [-0.15, -0.1) is 0 Å². The highest BCUT2D eigenvalue weighted by molar-refractivity contribution is 5.96. The number of rotatable bonds is 1. The normalized spacial score (nSPS) is 32.7. The molecule has 2 aliphatic rings. The summed E-state index contributed by atoms with van der Waals surface area (Å²) in [6.07, 6.45) is 1.51. The Morgan fingerprint density at radius 2 is 1.60 bits per heavy atom. The monoisotopic (exact) mass is 211 g/mol. The number of esters is 2. The van der Waals surface area contributed by atoms with Gasteiger partial charge in [0, 0.05) is 6.04 Å². The number of hydrogen-bond donors (Lipinski definition) is 0. The van der Waals surface area contributed by atoms with E-state index in [1.807, 2.05) is 0 Å². The van der Waals surface area contributed by atoms with Crippen molar-refractivity contribution in [3.8, 4) is 0 Å². The lowest BCUT2D eigenvalue weighted by atomic mass is 9.91. The fourth-order valence-electron chi connectivity index (χ4n) is 2.46. The molecule has 0 aromatic carbocycles. The lowest BCUT2D eigenvalue weighted by Gasteiger charge is -2.24. The molecule has 15 heavy (non-hydrogen) atoms. The Kier molecular flexibility index (Phi) is 2.78. The molecular formula is C11H17NO3. The highest BCUT2D eigenvalue weighted by atomic mass is 16.6. The summed E-state index contributed by atoms with van der Waals surface area (Å²) in [7, 11) is 0. The van der Waals surface area contributed by atoms with E-state index >= 15 is 0 Å². The van der Waals surface area contributed by atoms with E-state index in [1.54, 1.807) is 0 Å². The topological polar surface area (TPSA) is 46.6 Å². The molecule has 0 radical (unpaired) electrons. The Bertz CT molecular complexity index is 264. The van der Waals surface area contributed by atoms with Crippen molar-refractivity contribution in [2.24, 2.45) is 11.8 Å². The van der Waals surface area contributed by atoms with Gasteiger partial charge < -0.3 is 9.64 Å². The van der Waals surface area contributed by atoms with Crippen LogP contribution in [0.4, 0.5) is 0 Å². The van der Waals surface area contributed by atoms with Gasteiger partial charge in [-0.1, -0.05) is 0 Å². The summed E-state index contributed by atoms with van der Waals surface area (Å²) in [5, 5.41) is 0. The molecule has 0 aromatic rings. The molecule has 0 aromatic heterocycles. The molecule has 0 N–H and O–H groups in total. The first kappa shape index (κ1) is 10.6. The van der Waals surface area contributed by atoms with Crippen LogP contribution in [0.5, 0.6) is 0 Å². The minimum Gasteiger partial charge on any atom is -0.393 e. The van der Waals surface area contributed by atoms with E-state index in [1.165, 1.54) is 0 Å². The van der Waals surface area contributed by atoms with E-state index in [9.17, 15) is 9.59 Å². The van der Waals surface area contributed by atoms with Crippen molar-refractivity contribution < 1.29 is 14.3 Å². The van der Waals surface area contributed by atoms with Gasteiger partial charge in [0.1, 0.15) is 0 Å². The second kappa shape index (κ2) is 3.93. The van der Waals surface area contributed by atoms with E-state index in [0.717, 1.165) is 25.9 Å². The average molecular weight is 211 g/mol. The fraction of sp³-hybridized carbons (Fsp3) is 0.818. The molecule has 84 valence electrons. The van der Waals surface area contributed by atoms with Crippen LogP contribution >= 0.6 is 0 Å². The molecule has 2 saturated heterocycles. The lowest BCUT2D eigenvalue weighted by molar-refractivity contribution is -0.154. The highest BCUT2D eigenvalue weighted by Crippen LogP contribution is 2.32. The standard InChI is InChI=1S/C11H17NO3/c1-7(2)12-5-3-8-9(4-6-12)11(14)15-10(8)13/h7-9H,3-6H2,1-2H3. The molecule has 2 unspecified atom stereocenters. The predicted molar refractivity (Wildman–Crippen MR) is 54.0 cm³/mol. The smallest absolute Gasteiger partial charge is 0.317 e. The zero-order valence-electron chi connectivity index (χ0n) is 9.23. The number of likely N-dealkylation sites (tertiary alicyclic amines) is 1. The number of nitrogens with zero attached hydrogens (tertiary/aromatic N) is 1. The van der Waals surface area contributed by atoms with E-state index in [0.29, 0.717) is 6.04 Å². The zero-order valence-corrected chi connectivity index (χ0v) is 9.23. The summed E-state index contributed by atoms with van der Waals surface area (Å²) in [6, 6.07) is 0.481. The van der Waals surface area contributed by atoms with Crippen LogP contribution in [0, 0.1) is 11.8 Å². The molecule has 2 rings (SSSR count). The van der Waals surface area contributed by atoms with Crippen LogP contribution in [0.25, 0.3) is 0 Å². The van der Waals surface area contributed by atoms with Crippen molar-refractivity contribution in [1.82, 2.24) is 4.90 Å². The molecule has 2 heterocycles. The third-order valence-electron chi connectivity index (χ3n) is 3.48. The highest BCUT2D eigenvalue weighted by Gasteiger charge is 2.45. The maximum Gasteiger partial charge on any atom is 0.317 e. The Morgan fingerprint density at radius 3 is 2.00 bits per heavy atom. The van der Waals surface area contributed by atoms with Gasteiger partial charge in [-0.3, -0.25) is 9.59 Å². The summed E-state index contributed by atoms with van der Waals surface area (Å²) < 4.78 is 4.66. The average Bonchev–Trinajstić information content (AvgIpc) is 2.40. The SMILES string of the molecule is CC(C)N1CCC2C(=O)OC(=O)C2CC1. The second-order valence-corrected chi connectivity index (χ2v) is 4.66. The minimum absolute atomic E-state index is 0.179. The lowest BCUT2D eigenvalue weighted by Crippen LogP contribution is -2.32. The molecule has 4 nitrogen and oxygen atoms in total. The van der Waals surface area contributed by atoms with E-state index in [4.69, 9.17) is 0 Å². The van der Waals surface area contributed by atoms with Gasteiger partial charge >= 0.3 is 11.9 Å². The van der Waals surface area contributed by atoms with Gasteiger partial charge in [-0.25, -0.2) is 0 Å². The quantitative estimate of drug-likeness (QED) is 0.475. The number of cyclic esters (lactones) is 2. The maximum atomic E-state index is 11.4. The molecule has 2 aliphatic heterocycles. The van der Waals surface area contributed by atoms with Crippen LogP contribution in [0.3, 0.4) is 0 Å². The first-order valence-electron chi connectivity index (χ1n) is 5.59. The molecule has 4 heteroatoms. The second-order valence-electron chi connectivity index (χ2n) is 4.66. The molecular weight excluding hydrogens is 194 g/mol. The number of carbonyl (C=O) groups excluding carboxylic acids is 2. The van der Waals surface area contributed by atoms with Crippen molar-refractivity contribution in [3.63, 3.8) is 0 Å². The first-order chi connectivity index (χ1) is 7.09. The van der Waals surface area contributed by atoms with Gasteiger partial charge in [0.05, 0.1) is 11.8 Å². The third kappa shape index (κ3) is 1.91.